The van der Waals surface area contributed by atoms with Gasteiger partial charge in [-0.05, 0) is 30.4 Å². The van der Waals surface area contributed by atoms with Crippen molar-refractivity contribution in [2.24, 2.45) is 0 Å². The smallest absolute Gasteiger partial charge is 0.317 e. The highest BCUT2D eigenvalue weighted by atomic mass is 16.5. The number of nitrogens with one attached hydrogen (secondary N) is 1. The van der Waals surface area contributed by atoms with Crippen molar-refractivity contribution in [3.05, 3.63) is 35.4 Å². The molecular formula is C20H32N2O3. The van der Waals surface area contributed by atoms with E-state index in [-0.39, 0.29) is 12.1 Å². The fourth-order valence-electron chi connectivity index (χ4n) is 3.19. The summed E-state index contributed by atoms with van der Waals surface area (Å²) in [5.74, 6) is 0.524. The molecule has 1 fully saturated rings. The van der Waals surface area contributed by atoms with Gasteiger partial charge in [0.05, 0.1) is 12.1 Å². The van der Waals surface area contributed by atoms with Crippen molar-refractivity contribution in [1.29, 1.82) is 0 Å². The number of urea groups is 1. The quantitative estimate of drug-likeness (QED) is 0.831. The third kappa shape index (κ3) is 6.01. The van der Waals surface area contributed by atoms with E-state index in [0.29, 0.717) is 38.5 Å². The van der Waals surface area contributed by atoms with Crippen molar-refractivity contribution in [3.8, 4) is 0 Å². The maximum Gasteiger partial charge on any atom is 0.317 e. The van der Waals surface area contributed by atoms with E-state index in [1.807, 2.05) is 6.92 Å². The predicted molar refractivity (Wildman–Crippen MR) is 99.9 cm³/mol. The molecule has 1 aromatic carbocycles. The van der Waals surface area contributed by atoms with Crippen molar-refractivity contribution in [3.63, 3.8) is 0 Å². The first-order valence-electron chi connectivity index (χ1n) is 9.20. The third-order valence-electron chi connectivity index (χ3n) is 4.86. The van der Waals surface area contributed by atoms with Crippen LogP contribution in [-0.2, 0) is 11.2 Å². The van der Waals surface area contributed by atoms with Crippen molar-refractivity contribution in [2.75, 3.05) is 26.8 Å². The first kappa shape index (κ1) is 19.7. The van der Waals surface area contributed by atoms with Crippen LogP contribution in [-0.4, -0.2) is 54.5 Å². The highest BCUT2D eigenvalue weighted by Crippen LogP contribution is 2.21. The van der Waals surface area contributed by atoms with Gasteiger partial charge < -0.3 is 20.1 Å². The molecule has 5 heteroatoms. The van der Waals surface area contributed by atoms with Crippen LogP contribution < -0.4 is 5.32 Å². The van der Waals surface area contributed by atoms with Gasteiger partial charge in [0.15, 0.2) is 0 Å². The molecule has 1 aliphatic rings. The lowest BCUT2D eigenvalue weighted by atomic mass is 9.94. The second kappa shape index (κ2) is 8.68. The summed E-state index contributed by atoms with van der Waals surface area (Å²) >= 11 is 0. The minimum absolute atomic E-state index is 0.0317. The molecule has 1 atom stereocenters. The fourth-order valence-corrected chi connectivity index (χ4v) is 3.19. The van der Waals surface area contributed by atoms with Crippen LogP contribution in [0.5, 0.6) is 0 Å². The van der Waals surface area contributed by atoms with Crippen LogP contribution in [0.1, 0.15) is 50.7 Å². The number of likely N-dealkylation sites (N-methyl/N-ethyl adjacent to an activating group) is 1. The number of hydrogen-bond donors (Lipinski definition) is 2. The van der Waals surface area contributed by atoms with E-state index in [0.717, 1.165) is 6.42 Å². The van der Waals surface area contributed by atoms with E-state index in [4.69, 9.17) is 4.74 Å². The zero-order valence-corrected chi connectivity index (χ0v) is 15.9. The zero-order valence-electron chi connectivity index (χ0n) is 15.9. The Bertz CT molecular complexity index is 551. The van der Waals surface area contributed by atoms with Gasteiger partial charge in [-0.25, -0.2) is 4.79 Å². The van der Waals surface area contributed by atoms with Gasteiger partial charge in [0.2, 0.25) is 0 Å². The lowest BCUT2D eigenvalue weighted by molar-refractivity contribution is -0.0723. The standard InChI is InChI=1S/C20H32N2O3/c1-15(2)18-7-5-17(6-8-18)13-16(3)21-19(23)22(4)14-20(24)9-11-25-12-10-20/h5-8,15-16,24H,9-14H2,1-4H3,(H,21,23). The summed E-state index contributed by atoms with van der Waals surface area (Å²) in [6.07, 6.45) is 1.93. The van der Waals surface area contributed by atoms with Gasteiger partial charge in [0, 0.05) is 39.1 Å². The van der Waals surface area contributed by atoms with Crippen molar-refractivity contribution in [1.82, 2.24) is 10.2 Å². The molecule has 2 N–H and O–H groups in total. The van der Waals surface area contributed by atoms with Gasteiger partial charge in [0.25, 0.3) is 0 Å². The molecule has 0 spiro atoms. The lowest BCUT2D eigenvalue weighted by Crippen LogP contribution is -2.51. The van der Waals surface area contributed by atoms with E-state index in [9.17, 15) is 9.90 Å². The summed E-state index contributed by atoms with van der Waals surface area (Å²) < 4.78 is 5.28. The first-order chi connectivity index (χ1) is 11.8. The Morgan fingerprint density at radius 3 is 2.40 bits per heavy atom. The van der Waals surface area contributed by atoms with Crippen molar-refractivity contribution >= 4 is 6.03 Å². The number of carbonyl (C=O) groups is 1. The summed E-state index contributed by atoms with van der Waals surface area (Å²) in [4.78, 5) is 13.9. The van der Waals surface area contributed by atoms with Crippen LogP contribution >= 0.6 is 0 Å². The van der Waals surface area contributed by atoms with Crippen molar-refractivity contribution < 1.29 is 14.6 Å². The number of aliphatic hydroxyl groups is 1. The minimum atomic E-state index is -0.833. The minimum Gasteiger partial charge on any atom is -0.388 e. The van der Waals surface area contributed by atoms with Crippen LogP contribution in [0, 0.1) is 0 Å². The molecule has 2 rings (SSSR count). The average Bonchev–Trinajstić information content (AvgIpc) is 2.55. The van der Waals surface area contributed by atoms with E-state index < -0.39 is 5.60 Å². The topological polar surface area (TPSA) is 61.8 Å². The number of hydrogen-bond acceptors (Lipinski definition) is 3. The molecule has 1 saturated heterocycles. The van der Waals surface area contributed by atoms with E-state index in [1.54, 1.807) is 11.9 Å². The predicted octanol–water partition coefficient (Wildman–Crippen LogP) is 2.92. The number of benzene rings is 1. The first-order valence-corrected chi connectivity index (χ1v) is 9.20. The summed E-state index contributed by atoms with van der Waals surface area (Å²) in [6, 6.07) is 8.46. The number of rotatable bonds is 6. The highest BCUT2D eigenvalue weighted by molar-refractivity contribution is 5.74. The van der Waals surface area contributed by atoms with Gasteiger partial charge in [-0.15, -0.1) is 0 Å². The van der Waals surface area contributed by atoms with Crippen LogP contribution in [0.4, 0.5) is 4.79 Å². The van der Waals surface area contributed by atoms with Crippen LogP contribution in [0.15, 0.2) is 24.3 Å². The van der Waals surface area contributed by atoms with Crippen LogP contribution in [0.2, 0.25) is 0 Å². The van der Waals surface area contributed by atoms with Gasteiger partial charge in [-0.3, -0.25) is 0 Å². The Morgan fingerprint density at radius 1 is 1.24 bits per heavy atom. The Hall–Kier alpha value is -1.59. The molecule has 1 aliphatic heterocycles. The Morgan fingerprint density at radius 2 is 1.84 bits per heavy atom. The maximum atomic E-state index is 12.4. The molecule has 1 heterocycles. The molecule has 0 radical (unpaired) electrons. The molecule has 0 bridgehead atoms. The van der Waals surface area contributed by atoms with Gasteiger partial charge in [-0.1, -0.05) is 38.1 Å². The molecule has 0 aromatic heterocycles. The number of ether oxygens (including phenoxy) is 1. The van der Waals surface area contributed by atoms with E-state index in [2.05, 4.69) is 43.4 Å². The lowest BCUT2D eigenvalue weighted by Gasteiger charge is -2.35. The Balaban J connectivity index is 1.82. The second-order valence-corrected chi connectivity index (χ2v) is 7.64. The molecule has 2 amide bonds. The van der Waals surface area contributed by atoms with E-state index in [1.165, 1.54) is 11.1 Å². The number of carbonyl (C=O) groups excluding carboxylic acids is 1. The Labute approximate surface area is 151 Å². The highest BCUT2D eigenvalue weighted by Gasteiger charge is 2.32. The van der Waals surface area contributed by atoms with Crippen LogP contribution in [0.3, 0.4) is 0 Å². The number of amides is 2. The van der Waals surface area contributed by atoms with Crippen LogP contribution in [0.25, 0.3) is 0 Å². The Kier molecular flexibility index (Phi) is 6.85. The summed E-state index contributed by atoms with van der Waals surface area (Å²) in [5, 5.41) is 13.5. The normalized spacial score (nSPS) is 18.0. The maximum absolute atomic E-state index is 12.4. The monoisotopic (exact) mass is 348 g/mol. The second-order valence-electron chi connectivity index (χ2n) is 7.64. The van der Waals surface area contributed by atoms with E-state index >= 15 is 0 Å². The summed E-state index contributed by atoms with van der Waals surface area (Å²) in [5.41, 5.74) is 1.70. The molecule has 140 valence electrons. The average molecular weight is 348 g/mol. The molecule has 25 heavy (non-hydrogen) atoms. The third-order valence-corrected chi connectivity index (χ3v) is 4.86. The molecule has 0 saturated carbocycles. The number of nitrogens with zero attached hydrogens (tertiary/aromatic N) is 1. The molecule has 5 nitrogen and oxygen atoms in total. The zero-order chi connectivity index (χ0) is 18.4. The van der Waals surface area contributed by atoms with Gasteiger partial charge in [-0.2, -0.15) is 0 Å². The largest absolute Gasteiger partial charge is 0.388 e. The SMILES string of the molecule is CC(Cc1ccc(C(C)C)cc1)NC(=O)N(C)CC1(O)CCOCC1. The molecule has 1 aromatic rings. The molecular weight excluding hydrogens is 316 g/mol. The fraction of sp³-hybridized carbons (Fsp3) is 0.650. The summed E-state index contributed by atoms with van der Waals surface area (Å²) in [6.45, 7) is 7.80. The molecule has 0 aliphatic carbocycles. The van der Waals surface area contributed by atoms with Gasteiger partial charge in [0.1, 0.15) is 0 Å². The van der Waals surface area contributed by atoms with Crippen molar-refractivity contribution in [2.45, 2.75) is 57.6 Å². The summed E-state index contributed by atoms with van der Waals surface area (Å²) in [7, 11) is 1.73. The van der Waals surface area contributed by atoms with Gasteiger partial charge >= 0.3 is 6.03 Å². The molecule has 1 unspecified atom stereocenters.